The Morgan fingerprint density at radius 3 is 2.65 bits per heavy atom. The minimum Gasteiger partial charge on any atom is -0.342 e. The summed E-state index contributed by atoms with van der Waals surface area (Å²) in [6, 6.07) is 0. The molecule has 0 atom stereocenters. The number of likely N-dealkylation sites (tertiary alicyclic amines) is 1. The van der Waals surface area contributed by atoms with Gasteiger partial charge in [0.2, 0.25) is 11.9 Å². The van der Waals surface area contributed by atoms with Crippen molar-refractivity contribution in [3.63, 3.8) is 0 Å². The highest BCUT2D eigenvalue weighted by Crippen LogP contribution is 2.36. The largest absolute Gasteiger partial charge is 0.342 e. The maximum atomic E-state index is 12.4. The second-order valence-electron chi connectivity index (χ2n) is 8.67. The zero-order valence-electron chi connectivity index (χ0n) is 17.5. The molecule has 9 heteroatoms. The highest BCUT2D eigenvalue weighted by Gasteiger charge is 2.26. The van der Waals surface area contributed by atoms with Crippen molar-refractivity contribution in [2.75, 3.05) is 50.7 Å². The van der Waals surface area contributed by atoms with Crippen molar-refractivity contribution in [2.45, 2.75) is 25.7 Å². The molecule has 6 rings (SSSR count). The van der Waals surface area contributed by atoms with Crippen LogP contribution >= 0.6 is 0 Å². The highest BCUT2D eigenvalue weighted by molar-refractivity contribution is 5.95. The number of H-pyrrole nitrogens is 1. The predicted octanol–water partition coefficient (Wildman–Crippen LogP) is 1.26. The monoisotopic (exact) mass is 418 g/mol. The van der Waals surface area contributed by atoms with E-state index in [2.05, 4.69) is 25.0 Å². The maximum Gasteiger partial charge on any atom is 0.236 e. The van der Waals surface area contributed by atoms with Crippen LogP contribution in [-0.4, -0.2) is 86.7 Å². The molecule has 5 heterocycles. The van der Waals surface area contributed by atoms with E-state index in [4.69, 9.17) is 9.97 Å². The molecule has 160 valence electrons. The molecule has 0 unspecified atom stereocenters. The minimum absolute atomic E-state index is 0.273. The molecule has 1 N–H and O–H groups in total. The second kappa shape index (κ2) is 7.56. The van der Waals surface area contributed by atoms with Gasteiger partial charge in [-0.15, -0.1) is 0 Å². The molecule has 2 saturated heterocycles. The predicted molar refractivity (Wildman–Crippen MR) is 117 cm³/mol. The normalized spacial score (nSPS) is 19.0. The first kappa shape index (κ1) is 18.7. The number of aromatic nitrogens is 5. The van der Waals surface area contributed by atoms with Crippen LogP contribution in [0.4, 0.5) is 5.95 Å². The lowest BCUT2D eigenvalue weighted by molar-refractivity contribution is -0.131. The van der Waals surface area contributed by atoms with Crippen LogP contribution in [0.2, 0.25) is 0 Å². The Labute approximate surface area is 180 Å². The summed E-state index contributed by atoms with van der Waals surface area (Å²) in [5, 5.41) is 8.15. The van der Waals surface area contributed by atoms with Gasteiger partial charge in [0.1, 0.15) is 0 Å². The summed E-state index contributed by atoms with van der Waals surface area (Å²) < 4.78 is 0. The molecule has 3 aliphatic rings. The summed E-state index contributed by atoms with van der Waals surface area (Å²) in [4.78, 5) is 33.1. The summed E-state index contributed by atoms with van der Waals surface area (Å²) in [6.45, 7) is 5.80. The van der Waals surface area contributed by atoms with Gasteiger partial charge in [-0.2, -0.15) is 5.10 Å². The number of rotatable bonds is 3. The van der Waals surface area contributed by atoms with Gasteiger partial charge in [0.25, 0.3) is 0 Å². The molecule has 31 heavy (non-hydrogen) atoms. The quantitative estimate of drug-likeness (QED) is 0.684. The smallest absolute Gasteiger partial charge is 0.236 e. The summed E-state index contributed by atoms with van der Waals surface area (Å²) in [6.07, 6.45) is 9.85. The number of pyridine rings is 1. The fraction of sp³-hybridized carbons (Fsp3) is 0.500. The number of hydrogen-bond acceptors (Lipinski definition) is 7. The third-order valence-corrected chi connectivity index (χ3v) is 6.79. The minimum atomic E-state index is 0.273. The van der Waals surface area contributed by atoms with Crippen molar-refractivity contribution < 1.29 is 4.79 Å². The molecule has 0 spiro atoms. The fourth-order valence-corrected chi connectivity index (χ4v) is 5.02. The van der Waals surface area contributed by atoms with E-state index in [0.29, 0.717) is 6.54 Å². The van der Waals surface area contributed by atoms with Crippen molar-refractivity contribution in [2.24, 2.45) is 0 Å². The number of piperazine rings is 1. The van der Waals surface area contributed by atoms with E-state index in [1.807, 2.05) is 23.5 Å². The first-order valence-corrected chi connectivity index (χ1v) is 11.2. The number of aryl methyl sites for hydroxylation is 2. The van der Waals surface area contributed by atoms with Crippen LogP contribution in [-0.2, 0) is 17.6 Å². The van der Waals surface area contributed by atoms with Crippen molar-refractivity contribution in [1.82, 2.24) is 34.9 Å². The van der Waals surface area contributed by atoms with Gasteiger partial charge in [0, 0.05) is 68.2 Å². The first-order chi connectivity index (χ1) is 15.3. The standard InChI is InChI=1S/C22H26N8O/c31-19(29-5-1-2-6-29)14-28-7-9-30(10-8-28)22-24-12-16-18(26-22)4-3-15-11-23-21-17(20(15)16)13-25-27-21/h11-13H,1-10,14H2,(H,23,25,27). The SMILES string of the molecule is O=C(CN1CCN(c2ncc3c(n2)CCc2cnc4[nH]ncc4c2-3)CC1)N1CCCC1. The van der Waals surface area contributed by atoms with E-state index in [0.717, 1.165) is 98.8 Å². The zero-order chi connectivity index (χ0) is 20.8. The Morgan fingerprint density at radius 2 is 1.81 bits per heavy atom. The van der Waals surface area contributed by atoms with Crippen molar-refractivity contribution in [1.29, 1.82) is 0 Å². The Bertz CT molecular complexity index is 1130. The van der Waals surface area contributed by atoms with Gasteiger partial charge in [-0.25, -0.2) is 15.0 Å². The van der Waals surface area contributed by atoms with E-state index in [1.54, 1.807) is 0 Å². The lowest BCUT2D eigenvalue weighted by atomic mass is 9.89. The van der Waals surface area contributed by atoms with Crippen LogP contribution in [0.15, 0.2) is 18.6 Å². The van der Waals surface area contributed by atoms with Gasteiger partial charge in [0.05, 0.1) is 18.4 Å². The second-order valence-corrected chi connectivity index (χ2v) is 8.67. The van der Waals surface area contributed by atoms with Gasteiger partial charge in [0.15, 0.2) is 5.65 Å². The summed E-state index contributed by atoms with van der Waals surface area (Å²) in [7, 11) is 0. The third kappa shape index (κ3) is 3.33. The van der Waals surface area contributed by atoms with Crippen LogP contribution in [0.25, 0.3) is 22.2 Å². The summed E-state index contributed by atoms with van der Waals surface area (Å²) in [5.41, 5.74) is 5.38. The van der Waals surface area contributed by atoms with Gasteiger partial charge < -0.3 is 9.80 Å². The Balaban J connectivity index is 1.17. The summed E-state index contributed by atoms with van der Waals surface area (Å²) in [5.74, 6) is 1.07. The Hall–Kier alpha value is -3.07. The molecule has 0 saturated carbocycles. The Morgan fingerprint density at radius 1 is 0.968 bits per heavy atom. The first-order valence-electron chi connectivity index (χ1n) is 11.2. The lowest BCUT2D eigenvalue weighted by Gasteiger charge is -2.35. The van der Waals surface area contributed by atoms with E-state index in [1.165, 1.54) is 5.56 Å². The van der Waals surface area contributed by atoms with E-state index >= 15 is 0 Å². The molecular weight excluding hydrogens is 392 g/mol. The number of hydrogen-bond donors (Lipinski definition) is 1. The van der Waals surface area contributed by atoms with Crippen LogP contribution in [0.5, 0.6) is 0 Å². The number of carbonyl (C=O) groups is 1. The average molecular weight is 419 g/mol. The molecule has 9 nitrogen and oxygen atoms in total. The number of amides is 1. The molecule has 0 radical (unpaired) electrons. The van der Waals surface area contributed by atoms with Crippen molar-refractivity contribution >= 4 is 22.9 Å². The zero-order valence-corrected chi connectivity index (χ0v) is 17.5. The average Bonchev–Trinajstić information content (AvgIpc) is 3.51. The van der Waals surface area contributed by atoms with E-state index in [-0.39, 0.29) is 5.91 Å². The Kier molecular flexibility index (Phi) is 4.56. The third-order valence-electron chi connectivity index (χ3n) is 6.79. The van der Waals surface area contributed by atoms with Gasteiger partial charge in [-0.3, -0.25) is 14.8 Å². The molecule has 2 aliphatic heterocycles. The van der Waals surface area contributed by atoms with E-state index in [9.17, 15) is 4.79 Å². The molecule has 0 bridgehead atoms. The number of anilines is 1. The number of carbonyl (C=O) groups excluding carboxylic acids is 1. The number of nitrogens with zero attached hydrogens (tertiary/aromatic N) is 7. The van der Waals surface area contributed by atoms with Crippen LogP contribution < -0.4 is 4.90 Å². The van der Waals surface area contributed by atoms with Crippen LogP contribution in [0.3, 0.4) is 0 Å². The molecule has 3 aromatic rings. The molecule has 1 aliphatic carbocycles. The highest BCUT2D eigenvalue weighted by atomic mass is 16.2. The topological polar surface area (TPSA) is 94.1 Å². The molecule has 3 aromatic heterocycles. The van der Waals surface area contributed by atoms with Gasteiger partial charge in [-0.1, -0.05) is 0 Å². The lowest BCUT2D eigenvalue weighted by Crippen LogP contribution is -2.50. The van der Waals surface area contributed by atoms with Gasteiger partial charge >= 0.3 is 0 Å². The van der Waals surface area contributed by atoms with E-state index < -0.39 is 0 Å². The summed E-state index contributed by atoms with van der Waals surface area (Å²) >= 11 is 0. The molecule has 0 aromatic carbocycles. The number of nitrogens with one attached hydrogen (secondary N) is 1. The molecule has 1 amide bonds. The van der Waals surface area contributed by atoms with Crippen molar-refractivity contribution in [3.8, 4) is 11.1 Å². The number of fused-ring (bicyclic) bond motifs is 5. The number of aromatic amines is 1. The molecular formula is C22H26N8O. The van der Waals surface area contributed by atoms with Crippen molar-refractivity contribution in [3.05, 3.63) is 29.8 Å². The fourth-order valence-electron chi connectivity index (χ4n) is 5.02. The van der Waals surface area contributed by atoms with Crippen LogP contribution in [0, 0.1) is 0 Å². The molecule has 2 fully saturated rings. The maximum absolute atomic E-state index is 12.4. The van der Waals surface area contributed by atoms with Gasteiger partial charge in [-0.05, 0) is 31.2 Å². The van der Waals surface area contributed by atoms with Crippen LogP contribution in [0.1, 0.15) is 24.1 Å².